The van der Waals surface area contributed by atoms with Crippen molar-refractivity contribution in [3.63, 3.8) is 0 Å². The molecule has 0 spiro atoms. The molecule has 4 nitrogen and oxygen atoms in total. The normalized spacial score (nSPS) is 19.6. The first-order valence-corrected chi connectivity index (χ1v) is 7.05. The number of hydrogen-bond donors (Lipinski definition) is 0. The van der Waals surface area contributed by atoms with Gasteiger partial charge in [-0.05, 0) is 30.9 Å². The zero-order valence-electron chi connectivity index (χ0n) is 12.1. The summed E-state index contributed by atoms with van der Waals surface area (Å²) in [5.74, 6) is 1.13. The highest BCUT2D eigenvalue weighted by atomic mass is 16.5. The van der Waals surface area contributed by atoms with E-state index in [4.69, 9.17) is 4.74 Å². The summed E-state index contributed by atoms with van der Waals surface area (Å²) in [6.45, 7) is 2.96. The number of carbonyl (C=O) groups is 2. The third kappa shape index (κ3) is 3.38. The van der Waals surface area contributed by atoms with E-state index in [1.165, 1.54) is 0 Å². The SMILES string of the molecule is COc1ccccc1C(=O)CN1CCC(C)CCC1=O. The number of benzene rings is 1. The van der Waals surface area contributed by atoms with Crippen LogP contribution in [0.25, 0.3) is 0 Å². The van der Waals surface area contributed by atoms with Gasteiger partial charge in [0.2, 0.25) is 5.91 Å². The molecule has 1 unspecified atom stereocenters. The van der Waals surface area contributed by atoms with E-state index in [-0.39, 0.29) is 18.2 Å². The summed E-state index contributed by atoms with van der Waals surface area (Å²) in [4.78, 5) is 26.1. The van der Waals surface area contributed by atoms with Crippen molar-refractivity contribution in [1.29, 1.82) is 0 Å². The van der Waals surface area contributed by atoms with Crippen LogP contribution < -0.4 is 4.74 Å². The lowest BCUT2D eigenvalue weighted by atomic mass is 10.0. The predicted molar refractivity (Wildman–Crippen MR) is 76.9 cm³/mol. The Balaban J connectivity index is 2.08. The Bertz CT molecular complexity index is 498. The molecule has 0 aromatic heterocycles. The first-order chi connectivity index (χ1) is 9.61. The maximum Gasteiger partial charge on any atom is 0.222 e. The Kier molecular flexibility index (Phi) is 4.77. The van der Waals surface area contributed by atoms with E-state index in [9.17, 15) is 9.59 Å². The van der Waals surface area contributed by atoms with Crippen molar-refractivity contribution in [3.8, 4) is 5.75 Å². The third-order valence-electron chi connectivity index (χ3n) is 3.84. The number of amides is 1. The number of ketones is 1. The fourth-order valence-corrected chi connectivity index (χ4v) is 2.47. The third-order valence-corrected chi connectivity index (χ3v) is 3.84. The Morgan fingerprint density at radius 2 is 2.10 bits per heavy atom. The van der Waals surface area contributed by atoms with Crippen molar-refractivity contribution < 1.29 is 14.3 Å². The summed E-state index contributed by atoms with van der Waals surface area (Å²) < 4.78 is 5.20. The molecule has 0 aliphatic carbocycles. The minimum atomic E-state index is -0.0645. The van der Waals surface area contributed by atoms with Gasteiger partial charge >= 0.3 is 0 Å². The number of carbonyl (C=O) groups excluding carboxylic acids is 2. The molecular formula is C16H21NO3. The van der Waals surface area contributed by atoms with Crippen molar-refractivity contribution in [2.24, 2.45) is 5.92 Å². The summed E-state index contributed by atoms with van der Waals surface area (Å²) in [5.41, 5.74) is 0.542. The quantitative estimate of drug-likeness (QED) is 0.793. The number of rotatable bonds is 4. The topological polar surface area (TPSA) is 46.6 Å². The molecule has 1 aromatic rings. The van der Waals surface area contributed by atoms with Gasteiger partial charge in [-0.25, -0.2) is 0 Å². The van der Waals surface area contributed by atoms with Crippen LogP contribution in [0.2, 0.25) is 0 Å². The Labute approximate surface area is 119 Å². The molecule has 20 heavy (non-hydrogen) atoms. The van der Waals surface area contributed by atoms with E-state index in [0.717, 1.165) is 12.8 Å². The van der Waals surface area contributed by atoms with Crippen LogP contribution >= 0.6 is 0 Å². The van der Waals surface area contributed by atoms with Crippen LogP contribution in [0.5, 0.6) is 5.75 Å². The molecule has 1 atom stereocenters. The lowest BCUT2D eigenvalue weighted by Crippen LogP contribution is -2.35. The van der Waals surface area contributed by atoms with E-state index in [1.807, 2.05) is 12.1 Å². The van der Waals surface area contributed by atoms with Crippen LogP contribution in [0.4, 0.5) is 0 Å². The molecular weight excluding hydrogens is 254 g/mol. The molecule has 1 heterocycles. The smallest absolute Gasteiger partial charge is 0.222 e. The second-order valence-corrected chi connectivity index (χ2v) is 5.37. The van der Waals surface area contributed by atoms with Crippen molar-refractivity contribution in [2.45, 2.75) is 26.2 Å². The van der Waals surface area contributed by atoms with Crippen molar-refractivity contribution >= 4 is 11.7 Å². The molecule has 0 N–H and O–H groups in total. The van der Waals surface area contributed by atoms with Gasteiger partial charge in [-0.3, -0.25) is 9.59 Å². The van der Waals surface area contributed by atoms with E-state index < -0.39 is 0 Å². The van der Waals surface area contributed by atoms with Crippen LogP contribution in [0.3, 0.4) is 0 Å². The highest BCUT2D eigenvalue weighted by molar-refractivity contribution is 6.01. The number of hydrogen-bond acceptors (Lipinski definition) is 3. The maximum atomic E-state index is 12.4. The Morgan fingerprint density at radius 3 is 2.85 bits per heavy atom. The molecule has 0 bridgehead atoms. The second kappa shape index (κ2) is 6.55. The lowest BCUT2D eigenvalue weighted by Gasteiger charge is -2.20. The van der Waals surface area contributed by atoms with Crippen LogP contribution in [-0.2, 0) is 4.79 Å². The van der Waals surface area contributed by atoms with Gasteiger partial charge in [-0.15, -0.1) is 0 Å². The van der Waals surface area contributed by atoms with Crippen molar-refractivity contribution in [3.05, 3.63) is 29.8 Å². The number of ether oxygens (including phenoxy) is 1. The number of nitrogens with zero attached hydrogens (tertiary/aromatic N) is 1. The zero-order valence-corrected chi connectivity index (χ0v) is 12.1. The molecule has 4 heteroatoms. The minimum absolute atomic E-state index is 0.0645. The van der Waals surface area contributed by atoms with E-state index in [2.05, 4.69) is 6.92 Å². The molecule has 108 valence electrons. The first-order valence-electron chi connectivity index (χ1n) is 7.05. The molecule has 1 fully saturated rings. The van der Waals surface area contributed by atoms with Crippen LogP contribution in [-0.4, -0.2) is 36.8 Å². The van der Waals surface area contributed by atoms with Gasteiger partial charge in [-0.2, -0.15) is 0 Å². The maximum absolute atomic E-state index is 12.4. The summed E-state index contributed by atoms with van der Waals surface area (Å²) in [6.07, 6.45) is 2.42. The van der Waals surface area contributed by atoms with Gasteiger partial charge < -0.3 is 9.64 Å². The van der Waals surface area contributed by atoms with Gasteiger partial charge in [0.15, 0.2) is 5.78 Å². The number of methoxy groups -OCH3 is 1. The molecule has 1 aliphatic heterocycles. The molecule has 1 aliphatic rings. The highest BCUT2D eigenvalue weighted by Crippen LogP contribution is 2.21. The van der Waals surface area contributed by atoms with Crippen molar-refractivity contribution in [1.82, 2.24) is 4.90 Å². The summed E-state index contributed by atoms with van der Waals surface area (Å²) in [5, 5.41) is 0. The van der Waals surface area contributed by atoms with Crippen molar-refractivity contribution in [2.75, 3.05) is 20.2 Å². The molecule has 2 rings (SSSR count). The fraction of sp³-hybridized carbons (Fsp3) is 0.500. The molecule has 1 aromatic carbocycles. The second-order valence-electron chi connectivity index (χ2n) is 5.37. The van der Waals surface area contributed by atoms with Crippen LogP contribution in [0.1, 0.15) is 36.5 Å². The average molecular weight is 275 g/mol. The number of Topliss-reactive ketones (excluding diaryl/α,β-unsaturated/α-hetero) is 1. The molecule has 0 saturated carbocycles. The summed E-state index contributed by atoms with van der Waals surface area (Å²) in [6, 6.07) is 7.14. The number of para-hydroxylation sites is 1. The lowest BCUT2D eigenvalue weighted by molar-refractivity contribution is -0.130. The molecule has 0 radical (unpaired) electrons. The van der Waals surface area contributed by atoms with Gasteiger partial charge in [0.05, 0.1) is 19.2 Å². The van der Waals surface area contributed by atoms with E-state index >= 15 is 0 Å². The standard InChI is InChI=1S/C16H21NO3/c1-12-7-8-16(19)17(10-9-12)11-14(18)13-5-3-4-6-15(13)20-2/h3-6,12H,7-11H2,1-2H3. The average Bonchev–Trinajstić information content (AvgIpc) is 2.62. The highest BCUT2D eigenvalue weighted by Gasteiger charge is 2.23. The van der Waals surface area contributed by atoms with Gasteiger partial charge in [0.1, 0.15) is 5.75 Å². The number of likely N-dealkylation sites (tertiary alicyclic amines) is 1. The Morgan fingerprint density at radius 1 is 1.35 bits per heavy atom. The fourth-order valence-electron chi connectivity index (χ4n) is 2.47. The molecule has 1 saturated heterocycles. The Hall–Kier alpha value is -1.84. The van der Waals surface area contributed by atoms with Crippen LogP contribution in [0, 0.1) is 5.92 Å². The van der Waals surface area contributed by atoms with Gasteiger partial charge in [0, 0.05) is 13.0 Å². The first kappa shape index (κ1) is 14.6. The predicted octanol–water partition coefficient (Wildman–Crippen LogP) is 2.53. The summed E-state index contributed by atoms with van der Waals surface area (Å²) in [7, 11) is 1.55. The van der Waals surface area contributed by atoms with Crippen LogP contribution in [0.15, 0.2) is 24.3 Å². The monoisotopic (exact) mass is 275 g/mol. The van der Waals surface area contributed by atoms with E-state index in [0.29, 0.717) is 30.2 Å². The molecule has 1 amide bonds. The largest absolute Gasteiger partial charge is 0.496 e. The minimum Gasteiger partial charge on any atom is -0.496 e. The van der Waals surface area contributed by atoms with Gasteiger partial charge in [-0.1, -0.05) is 19.1 Å². The van der Waals surface area contributed by atoms with Gasteiger partial charge in [0.25, 0.3) is 0 Å². The summed E-state index contributed by atoms with van der Waals surface area (Å²) >= 11 is 0. The zero-order chi connectivity index (χ0) is 14.5. The van der Waals surface area contributed by atoms with E-state index in [1.54, 1.807) is 24.1 Å².